The van der Waals surface area contributed by atoms with Crippen LogP contribution in [0.1, 0.15) is 105 Å². The Morgan fingerprint density at radius 3 is 2.15 bits per heavy atom. The quantitative estimate of drug-likeness (QED) is 0.136. The third-order valence-corrected chi connectivity index (χ3v) is 7.87. The minimum atomic E-state index is -0.167. The fourth-order valence-corrected chi connectivity index (χ4v) is 5.39. The summed E-state index contributed by atoms with van der Waals surface area (Å²) in [5.74, 6) is 1.10. The van der Waals surface area contributed by atoms with Crippen molar-refractivity contribution in [1.82, 2.24) is 0 Å². The lowest BCUT2D eigenvalue weighted by atomic mass is 10.1. The van der Waals surface area contributed by atoms with Crippen LogP contribution in [-0.2, 0) is 6.54 Å². The molecule has 0 aliphatic heterocycles. The molecule has 3 rings (SSSR count). The number of para-hydroxylation sites is 1. The molecular weight excluding hydrogens is 584 g/mol. The number of aromatic nitrogens is 1. The Labute approximate surface area is 256 Å². The van der Waals surface area contributed by atoms with E-state index < -0.39 is 0 Å². The number of anilines is 1. The summed E-state index contributed by atoms with van der Waals surface area (Å²) in [6.07, 6.45) is 17.9. The number of benzene rings is 2. The van der Waals surface area contributed by atoms with Crippen LogP contribution in [0.4, 0.5) is 5.69 Å². The summed E-state index contributed by atoms with van der Waals surface area (Å²) in [5.41, 5.74) is 4.50. The first kappa shape index (κ1) is 33.8. The summed E-state index contributed by atoms with van der Waals surface area (Å²) < 4.78 is 13.7. The average molecular weight is 632 g/mol. The highest BCUT2D eigenvalue weighted by molar-refractivity contribution is 7.09. The molecular formula is C33H47BrN2O3S. The van der Waals surface area contributed by atoms with E-state index in [0.29, 0.717) is 30.2 Å². The van der Waals surface area contributed by atoms with Crippen molar-refractivity contribution in [3.63, 3.8) is 0 Å². The van der Waals surface area contributed by atoms with Gasteiger partial charge in [-0.2, -0.15) is 4.57 Å². The van der Waals surface area contributed by atoms with Gasteiger partial charge in [0.1, 0.15) is 0 Å². The number of halogens is 1. The number of unbranched alkanes of at least 4 members (excludes halogenated alkanes) is 11. The Bertz CT molecular complexity index is 1130. The summed E-state index contributed by atoms with van der Waals surface area (Å²) in [7, 11) is 1.61. The predicted molar refractivity (Wildman–Crippen MR) is 162 cm³/mol. The van der Waals surface area contributed by atoms with Gasteiger partial charge in [0.15, 0.2) is 24.2 Å². The molecule has 0 saturated carbocycles. The van der Waals surface area contributed by atoms with E-state index in [-0.39, 0.29) is 22.9 Å². The number of methoxy groups -OCH3 is 1. The van der Waals surface area contributed by atoms with Gasteiger partial charge in [-0.1, -0.05) is 107 Å². The number of rotatable bonds is 19. The van der Waals surface area contributed by atoms with Crippen LogP contribution >= 0.6 is 11.3 Å². The number of hydrogen-bond acceptors (Lipinski definition) is 4. The second-order valence-electron chi connectivity index (χ2n) is 10.3. The van der Waals surface area contributed by atoms with Gasteiger partial charge >= 0.3 is 0 Å². The van der Waals surface area contributed by atoms with Crippen molar-refractivity contribution in [2.24, 2.45) is 0 Å². The van der Waals surface area contributed by atoms with Crippen molar-refractivity contribution in [1.29, 1.82) is 0 Å². The van der Waals surface area contributed by atoms with Crippen LogP contribution < -0.4 is 36.3 Å². The number of amides is 1. The van der Waals surface area contributed by atoms with Gasteiger partial charge < -0.3 is 31.8 Å². The molecule has 1 aromatic heterocycles. The van der Waals surface area contributed by atoms with Crippen LogP contribution in [0.25, 0.3) is 0 Å². The summed E-state index contributed by atoms with van der Waals surface area (Å²) in [6, 6.07) is 13.3. The SMILES string of the molecule is CCCCCCCCCCCCCCOc1ccc(C(=O)Nc2ccccc2C[n+]2csc(C)c2)cc1OC.[Br-]. The molecule has 0 atom stereocenters. The standard InChI is InChI=1S/C33H46N2O3S.BrH/c1-4-5-6-7-8-9-10-11-12-13-14-17-22-38-31-21-20-28(23-32(31)37-3)33(36)34-30-19-16-15-18-29(30)25-35-24-27(2)39-26-35;/h15-16,18-21,23-24,26H,4-14,17,22,25H2,1-3H3;1H. The number of hydrogen-bond donors (Lipinski definition) is 1. The van der Waals surface area contributed by atoms with E-state index >= 15 is 0 Å². The van der Waals surface area contributed by atoms with Crippen molar-refractivity contribution in [3.8, 4) is 11.5 Å². The maximum absolute atomic E-state index is 13.1. The molecule has 0 aliphatic carbocycles. The lowest BCUT2D eigenvalue weighted by molar-refractivity contribution is -0.683. The molecule has 5 nitrogen and oxygen atoms in total. The van der Waals surface area contributed by atoms with Crippen molar-refractivity contribution < 1.29 is 35.8 Å². The van der Waals surface area contributed by atoms with E-state index in [1.165, 1.54) is 75.5 Å². The molecule has 1 heterocycles. The van der Waals surface area contributed by atoms with Crippen molar-refractivity contribution in [2.75, 3.05) is 19.0 Å². The van der Waals surface area contributed by atoms with Crippen LogP contribution in [0, 0.1) is 6.92 Å². The number of thiazole rings is 1. The van der Waals surface area contributed by atoms with Crippen LogP contribution in [0.3, 0.4) is 0 Å². The highest BCUT2D eigenvalue weighted by Crippen LogP contribution is 2.29. The first-order valence-electron chi connectivity index (χ1n) is 14.7. The molecule has 0 aliphatic rings. The van der Waals surface area contributed by atoms with Gasteiger partial charge in [-0.3, -0.25) is 4.79 Å². The van der Waals surface area contributed by atoms with E-state index in [1.54, 1.807) is 30.6 Å². The summed E-state index contributed by atoms with van der Waals surface area (Å²) in [4.78, 5) is 14.3. The van der Waals surface area contributed by atoms with Gasteiger partial charge in [-0.05, 0) is 37.6 Å². The Hall–Kier alpha value is -2.38. The maximum Gasteiger partial charge on any atom is 0.255 e. The largest absolute Gasteiger partial charge is 1.00 e. The second-order valence-corrected chi connectivity index (χ2v) is 11.4. The fraction of sp³-hybridized carbons (Fsp3) is 0.515. The number of carbonyl (C=O) groups is 1. The normalized spacial score (nSPS) is 10.7. The Morgan fingerprint density at radius 2 is 1.52 bits per heavy atom. The van der Waals surface area contributed by atoms with Crippen molar-refractivity contribution >= 4 is 22.9 Å². The molecule has 40 heavy (non-hydrogen) atoms. The third kappa shape index (κ3) is 12.0. The predicted octanol–water partition coefficient (Wildman–Crippen LogP) is 5.74. The molecule has 0 spiro atoms. The number of nitrogens with zero attached hydrogens (tertiary/aromatic N) is 1. The molecule has 1 N–H and O–H groups in total. The van der Waals surface area contributed by atoms with Gasteiger partial charge in [-0.25, -0.2) is 0 Å². The van der Waals surface area contributed by atoms with E-state index in [1.807, 2.05) is 30.3 Å². The maximum atomic E-state index is 13.1. The number of nitrogens with one attached hydrogen (secondary N) is 1. The number of ether oxygens (including phenoxy) is 2. The summed E-state index contributed by atoms with van der Waals surface area (Å²) in [5, 5.41) is 3.08. The van der Waals surface area contributed by atoms with E-state index in [2.05, 4.69) is 35.4 Å². The van der Waals surface area contributed by atoms with Gasteiger partial charge in [-0.15, -0.1) is 0 Å². The van der Waals surface area contributed by atoms with Gasteiger partial charge in [0.2, 0.25) is 5.51 Å². The van der Waals surface area contributed by atoms with Crippen LogP contribution in [0.5, 0.6) is 11.5 Å². The lowest BCUT2D eigenvalue weighted by Gasteiger charge is -2.13. The van der Waals surface area contributed by atoms with Crippen molar-refractivity contribution in [2.45, 2.75) is 97.4 Å². The van der Waals surface area contributed by atoms with E-state index in [4.69, 9.17) is 9.47 Å². The first-order chi connectivity index (χ1) is 19.1. The first-order valence-corrected chi connectivity index (χ1v) is 15.6. The third-order valence-electron chi connectivity index (χ3n) is 7.02. The molecule has 7 heteroatoms. The highest BCUT2D eigenvalue weighted by Gasteiger charge is 2.15. The van der Waals surface area contributed by atoms with Crippen LogP contribution in [0.15, 0.2) is 54.2 Å². The summed E-state index contributed by atoms with van der Waals surface area (Å²) in [6.45, 7) is 5.73. The number of carbonyl (C=O) groups excluding carboxylic acids is 1. The van der Waals surface area contributed by atoms with E-state index in [0.717, 1.165) is 17.7 Å². The zero-order valence-electron chi connectivity index (χ0n) is 24.6. The van der Waals surface area contributed by atoms with E-state index in [9.17, 15) is 4.79 Å². The van der Waals surface area contributed by atoms with Crippen LogP contribution in [0.2, 0.25) is 0 Å². The van der Waals surface area contributed by atoms with Gasteiger partial charge in [0.05, 0.1) is 24.3 Å². The molecule has 1 amide bonds. The zero-order chi connectivity index (χ0) is 27.7. The molecule has 0 unspecified atom stereocenters. The minimum absolute atomic E-state index is 0. The minimum Gasteiger partial charge on any atom is -1.00 e. The Kier molecular flexibility index (Phi) is 16.6. The highest BCUT2D eigenvalue weighted by atomic mass is 79.9. The average Bonchev–Trinajstić information content (AvgIpc) is 3.36. The molecule has 220 valence electrons. The molecule has 0 fully saturated rings. The Balaban J connectivity index is 0.00000560. The lowest BCUT2D eigenvalue weighted by Crippen LogP contribution is -3.00. The second kappa shape index (κ2) is 19.7. The smallest absolute Gasteiger partial charge is 0.255 e. The molecule has 0 bridgehead atoms. The monoisotopic (exact) mass is 630 g/mol. The van der Waals surface area contributed by atoms with Gasteiger partial charge in [0.25, 0.3) is 5.91 Å². The molecule has 2 aromatic carbocycles. The van der Waals surface area contributed by atoms with Gasteiger partial charge in [0, 0.05) is 11.1 Å². The zero-order valence-corrected chi connectivity index (χ0v) is 27.0. The Morgan fingerprint density at radius 1 is 0.875 bits per heavy atom. The topological polar surface area (TPSA) is 51.4 Å². The number of aryl methyl sites for hydroxylation is 1. The van der Waals surface area contributed by atoms with Crippen molar-refractivity contribution in [3.05, 3.63) is 70.2 Å². The fourth-order valence-electron chi connectivity index (χ4n) is 4.75. The molecule has 3 aromatic rings. The molecule has 0 saturated heterocycles. The van der Waals surface area contributed by atoms with Crippen LogP contribution in [-0.4, -0.2) is 19.6 Å². The summed E-state index contributed by atoms with van der Waals surface area (Å²) >= 11 is 1.71. The molecule has 0 radical (unpaired) electrons.